The third-order valence-corrected chi connectivity index (χ3v) is 8.57. The van der Waals surface area contributed by atoms with Crippen LogP contribution in [0.25, 0.3) is 22.3 Å². The molecule has 1 fully saturated rings. The van der Waals surface area contributed by atoms with Gasteiger partial charge in [0.25, 0.3) is 0 Å². The molecule has 220 valence electrons. The van der Waals surface area contributed by atoms with Crippen molar-refractivity contribution in [3.05, 3.63) is 120 Å². The fourth-order valence-electron chi connectivity index (χ4n) is 5.68. The van der Waals surface area contributed by atoms with E-state index in [9.17, 15) is 19.5 Å². The minimum absolute atomic E-state index is 0.133. The summed E-state index contributed by atoms with van der Waals surface area (Å²) in [6, 6.07) is 34.6. The van der Waals surface area contributed by atoms with Crippen LogP contribution in [0.4, 0.5) is 0 Å². The van der Waals surface area contributed by atoms with Crippen LogP contribution in [0.15, 0.2) is 109 Å². The van der Waals surface area contributed by atoms with Gasteiger partial charge in [0.15, 0.2) is 0 Å². The lowest BCUT2D eigenvalue weighted by Gasteiger charge is -2.31. The summed E-state index contributed by atoms with van der Waals surface area (Å²) in [6.07, 6.45) is 2.98. The Morgan fingerprint density at radius 1 is 0.674 bits per heavy atom. The summed E-state index contributed by atoms with van der Waals surface area (Å²) < 4.78 is 0. The molecule has 2 atom stereocenters. The van der Waals surface area contributed by atoms with Gasteiger partial charge in [-0.2, -0.15) is 12.6 Å². The standard InChI is InChI=1S/C36H36N2O4S/c39-33(32(43)24-26-15-19-30(20-16-26)28-11-5-2-6-12-28)38-36(21-7-8-22-36)35(42)37-31(34(40)41)23-25-13-17-29(18-14-25)27-9-3-1-4-10-27/h1-6,9-20,31-32,43H,7-8,21-24H2,(H,37,42)(H,38,39)(H,40,41)/t31-,32-/m1/s1. The van der Waals surface area contributed by atoms with E-state index in [1.54, 1.807) is 0 Å². The van der Waals surface area contributed by atoms with Crippen LogP contribution in [0.3, 0.4) is 0 Å². The molecule has 5 rings (SSSR count). The number of hydrogen-bond donors (Lipinski definition) is 4. The lowest BCUT2D eigenvalue weighted by atomic mass is 9.94. The van der Waals surface area contributed by atoms with E-state index in [-0.39, 0.29) is 12.3 Å². The maximum Gasteiger partial charge on any atom is 0.326 e. The van der Waals surface area contributed by atoms with E-state index < -0.39 is 28.7 Å². The summed E-state index contributed by atoms with van der Waals surface area (Å²) in [5.74, 6) is -1.92. The number of benzene rings is 4. The van der Waals surface area contributed by atoms with Crippen LogP contribution in [0, 0.1) is 0 Å². The molecular weight excluding hydrogens is 556 g/mol. The number of carbonyl (C=O) groups excluding carboxylic acids is 2. The zero-order valence-electron chi connectivity index (χ0n) is 23.9. The molecule has 0 saturated heterocycles. The number of hydrogen-bond acceptors (Lipinski definition) is 4. The van der Waals surface area contributed by atoms with Crippen molar-refractivity contribution in [1.82, 2.24) is 10.6 Å². The van der Waals surface area contributed by atoms with E-state index in [1.807, 2.05) is 109 Å². The summed E-state index contributed by atoms with van der Waals surface area (Å²) in [5.41, 5.74) is 4.91. The largest absolute Gasteiger partial charge is 0.480 e. The Labute approximate surface area is 258 Å². The van der Waals surface area contributed by atoms with Crippen LogP contribution in [-0.4, -0.2) is 39.7 Å². The number of thiol groups is 1. The highest BCUT2D eigenvalue weighted by atomic mass is 32.1. The van der Waals surface area contributed by atoms with Crippen LogP contribution in [0.2, 0.25) is 0 Å². The van der Waals surface area contributed by atoms with Gasteiger partial charge >= 0.3 is 5.97 Å². The quantitative estimate of drug-likeness (QED) is 0.158. The minimum atomic E-state index is -1.15. The summed E-state index contributed by atoms with van der Waals surface area (Å²) >= 11 is 4.58. The monoisotopic (exact) mass is 592 g/mol. The molecule has 7 heteroatoms. The Morgan fingerprint density at radius 2 is 1.12 bits per heavy atom. The van der Waals surface area contributed by atoms with E-state index in [0.29, 0.717) is 19.3 Å². The molecular formula is C36H36N2O4S. The zero-order valence-corrected chi connectivity index (χ0v) is 24.8. The van der Waals surface area contributed by atoms with Crippen molar-refractivity contribution in [2.24, 2.45) is 0 Å². The van der Waals surface area contributed by atoms with Crippen molar-refractivity contribution in [1.29, 1.82) is 0 Å². The van der Waals surface area contributed by atoms with Gasteiger partial charge in [-0.05, 0) is 52.6 Å². The zero-order chi connectivity index (χ0) is 30.2. The number of carbonyl (C=O) groups is 3. The van der Waals surface area contributed by atoms with Crippen molar-refractivity contribution >= 4 is 30.4 Å². The van der Waals surface area contributed by atoms with Gasteiger partial charge in [0.2, 0.25) is 11.8 Å². The molecule has 0 spiro atoms. The summed E-state index contributed by atoms with van der Waals surface area (Å²) in [5, 5.41) is 15.0. The molecule has 1 aliphatic rings. The highest BCUT2D eigenvalue weighted by Crippen LogP contribution is 2.31. The molecule has 0 heterocycles. The highest BCUT2D eigenvalue weighted by Gasteiger charge is 2.44. The van der Waals surface area contributed by atoms with Gasteiger partial charge in [-0.25, -0.2) is 4.79 Å². The van der Waals surface area contributed by atoms with Crippen molar-refractivity contribution in [3.8, 4) is 22.3 Å². The van der Waals surface area contributed by atoms with Gasteiger partial charge < -0.3 is 15.7 Å². The minimum Gasteiger partial charge on any atom is -0.480 e. The molecule has 1 aliphatic carbocycles. The Bertz CT molecular complexity index is 1530. The summed E-state index contributed by atoms with van der Waals surface area (Å²) in [7, 11) is 0. The van der Waals surface area contributed by atoms with E-state index in [4.69, 9.17) is 0 Å². The number of carboxylic acids is 1. The molecule has 2 amide bonds. The maximum atomic E-state index is 13.6. The Morgan fingerprint density at radius 3 is 1.58 bits per heavy atom. The maximum absolute atomic E-state index is 13.6. The molecule has 3 N–H and O–H groups in total. The average molecular weight is 593 g/mol. The molecule has 43 heavy (non-hydrogen) atoms. The summed E-state index contributed by atoms with van der Waals surface area (Å²) in [6.45, 7) is 0. The molecule has 4 aromatic carbocycles. The van der Waals surface area contributed by atoms with Crippen LogP contribution in [0.1, 0.15) is 36.8 Å². The van der Waals surface area contributed by atoms with Crippen molar-refractivity contribution in [2.75, 3.05) is 0 Å². The predicted octanol–water partition coefficient (Wildman–Crippen LogP) is 6.10. The predicted molar refractivity (Wildman–Crippen MR) is 173 cm³/mol. The topological polar surface area (TPSA) is 95.5 Å². The second-order valence-electron chi connectivity index (χ2n) is 11.2. The van der Waals surface area contributed by atoms with E-state index in [1.165, 1.54) is 0 Å². The van der Waals surface area contributed by atoms with Crippen LogP contribution >= 0.6 is 12.6 Å². The van der Waals surface area contributed by atoms with Crippen molar-refractivity contribution in [3.63, 3.8) is 0 Å². The van der Waals surface area contributed by atoms with Gasteiger partial charge in [0, 0.05) is 6.42 Å². The lowest BCUT2D eigenvalue weighted by Crippen LogP contribution is -2.61. The van der Waals surface area contributed by atoms with Crippen LogP contribution in [-0.2, 0) is 27.2 Å². The second kappa shape index (κ2) is 13.7. The van der Waals surface area contributed by atoms with E-state index in [0.717, 1.165) is 46.2 Å². The molecule has 1 saturated carbocycles. The first-order chi connectivity index (χ1) is 20.8. The number of rotatable bonds is 11. The highest BCUT2D eigenvalue weighted by molar-refractivity contribution is 7.81. The first-order valence-electron chi connectivity index (χ1n) is 14.7. The Balaban J connectivity index is 1.21. The Hall–Kier alpha value is -4.36. The van der Waals surface area contributed by atoms with E-state index >= 15 is 0 Å². The Kier molecular flexibility index (Phi) is 9.62. The second-order valence-corrected chi connectivity index (χ2v) is 11.8. The van der Waals surface area contributed by atoms with Gasteiger partial charge in [-0.1, -0.05) is 122 Å². The third kappa shape index (κ3) is 7.54. The molecule has 0 aromatic heterocycles. The van der Waals surface area contributed by atoms with Gasteiger partial charge in [0.05, 0.1) is 5.25 Å². The number of amides is 2. The van der Waals surface area contributed by atoms with Gasteiger partial charge in [0.1, 0.15) is 11.6 Å². The van der Waals surface area contributed by atoms with Gasteiger partial charge in [-0.15, -0.1) is 0 Å². The normalized spacial score (nSPS) is 15.3. The van der Waals surface area contributed by atoms with Crippen LogP contribution < -0.4 is 10.6 Å². The van der Waals surface area contributed by atoms with E-state index in [2.05, 4.69) is 23.3 Å². The number of nitrogens with one attached hydrogen (secondary N) is 2. The van der Waals surface area contributed by atoms with Crippen molar-refractivity contribution in [2.45, 2.75) is 55.4 Å². The molecule has 0 unspecified atom stereocenters. The lowest BCUT2D eigenvalue weighted by molar-refractivity contribution is -0.143. The smallest absolute Gasteiger partial charge is 0.326 e. The molecule has 0 aliphatic heterocycles. The fourth-order valence-corrected chi connectivity index (χ4v) is 5.96. The fraction of sp³-hybridized carbons (Fsp3) is 0.250. The SMILES string of the molecule is O=C(NC1(C(=O)N[C@H](Cc2ccc(-c3ccccc3)cc2)C(=O)O)CCCC1)[C@H](S)Cc1ccc(-c2ccccc2)cc1. The van der Waals surface area contributed by atoms with Crippen molar-refractivity contribution < 1.29 is 19.5 Å². The molecule has 4 aromatic rings. The van der Waals surface area contributed by atoms with Crippen LogP contribution in [0.5, 0.6) is 0 Å². The number of aliphatic carboxylic acids is 1. The first-order valence-corrected chi connectivity index (χ1v) is 15.2. The first kappa shape index (κ1) is 30.1. The molecule has 6 nitrogen and oxygen atoms in total. The third-order valence-electron chi connectivity index (χ3n) is 8.15. The molecule has 0 radical (unpaired) electrons. The average Bonchev–Trinajstić information content (AvgIpc) is 3.52. The number of carboxylic acid groups (broad SMARTS) is 1. The van der Waals surface area contributed by atoms with Gasteiger partial charge in [-0.3, -0.25) is 9.59 Å². The summed E-state index contributed by atoms with van der Waals surface area (Å²) in [4.78, 5) is 39.0. The molecule has 0 bridgehead atoms.